The summed E-state index contributed by atoms with van der Waals surface area (Å²) in [4.78, 5) is 0.317. The van der Waals surface area contributed by atoms with Crippen LogP contribution in [0.15, 0.2) is 9.31 Å². The molecule has 0 radical (unpaired) electrons. The Balaban J connectivity index is 2.11. The molecule has 0 atom stereocenters. The molecule has 0 unspecified atom stereocenters. The van der Waals surface area contributed by atoms with Crippen molar-refractivity contribution in [1.29, 1.82) is 0 Å². The smallest absolute Gasteiger partial charge is 0.244 e. The summed E-state index contributed by atoms with van der Waals surface area (Å²) in [6, 6.07) is 0.532. The Labute approximate surface area is 131 Å². The van der Waals surface area contributed by atoms with Crippen LogP contribution in [0, 0.1) is 13.8 Å². The monoisotopic (exact) mass is 332 g/mol. The molecule has 7 heteroatoms. The Morgan fingerprint density at radius 2 is 2.00 bits per heavy atom. The largest absolute Gasteiger partial charge is 0.465 e. The number of nitrogens with one attached hydrogen (secondary N) is 2. The van der Waals surface area contributed by atoms with Crippen molar-refractivity contribution in [3.63, 3.8) is 0 Å². The van der Waals surface area contributed by atoms with E-state index in [0.717, 1.165) is 17.7 Å². The Kier molecular flexibility index (Phi) is 5.76. The fourth-order valence-corrected chi connectivity index (χ4v) is 4.25. The predicted molar refractivity (Wildman–Crippen MR) is 86.2 cm³/mol. The fraction of sp³-hybridized carbons (Fsp3) is 0.714. The van der Waals surface area contributed by atoms with Crippen molar-refractivity contribution < 1.29 is 12.8 Å². The van der Waals surface area contributed by atoms with E-state index in [1.54, 1.807) is 18.7 Å². The van der Waals surface area contributed by atoms with Crippen LogP contribution in [0.3, 0.4) is 0 Å². The van der Waals surface area contributed by atoms with Crippen LogP contribution in [-0.4, -0.2) is 33.0 Å². The van der Waals surface area contributed by atoms with Gasteiger partial charge >= 0.3 is 0 Å². The Morgan fingerprint density at radius 3 is 2.62 bits per heavy atom. The number of aryl methyl sites for hydroxylation is 2. The van der Waals surface area contributed by atoms with Gasteiger partial charge in [0.05, 0.1) is 0 Å². The molecule has 0 aromatic carbocycles. The maximum atomic E-state index is 12.5. The quantitative estimate of drug-likeness (QED) is 0.678. The molecule has 0 saturated heterocycles. The summed E-state index contributed by atoms with van der Waals surface area (Å²) in [5.74, 6) is 2.10. The van der Waals surface area contributed by atoms with E-state index < -0.39 is 10.0 Å². The second kappa shape index (κ2) is 7.17. The zero-order valence-electron chi connectivity index (χ0n) is 12.9. The maximum absolute atomic E-state index is 12.5. The number of thioether (sulfide) groups is 1. The van der Waals surface area contributed by atoms with Crippen molar-refractivity contribution in [2.45, 2.75) is 50.6 Å². The van der Waals surface area contributed by atoms with Crippen molar-refractivity contribution in [3.8, 4) is 0 Å². The molecule has 1 aliphatic carbocycles. The lowest BCUT2D eigenvalue weighted by Crippen LogP contribution is -2.27. The third kappa shape index (κ3) is 4.48. The lowest BCUT2D eigenvalue weighted by atomic mass is 10.2. The molecule has 1 aromatic rings. The standard InChI is InChI=1S/C14H24N2O3S2/c1-10-13(9-15-12-5-6-12)14(11(2)19-10)21(17,18)16-7-4-8-20-3/h12,15-16H,4-9H2,1-3H3. The van der Waals surface area contributed by atoms with Gasteiger partial charge in [0.2, 0.25) is 10.0 Å². The van der Waals surface area contributed by atoms with Gasteiger partial charge in [-0.3, -0.25) is 0 Å². The minimum absolute atomic E-state index is 0.317. The molecule has 0 amide bonds. The van der Waals surface area contributed by atoms with Crippen LogP contribution in [0.25, 0.3) is 0 Å². The van der Waals surface area contributed by atoms with Crippen LogP contribution in [0.1, 0.15) is 36.3 Å². The molecule has 2 N–H and O–H groups in total. The first-order chi connectivity index (χ1) is 9.95. The summed E-state index contributed by atoms with van der Waals surface area (Å²) in [5, 5.41) is 3.36. The molecule has 0 spiro atoms. The van der Waals surface area contributed by atoms with Gasteiger partial charge in [-0.15, -0.1) is 0 Å². The summed E-state index contributed by atoms with van der Waals surface area (Å²) in [6.45, 7) is 4.55. The molecule has 1 fully saturated rings. The van der Waals surface area contributed by atoms with E-state index in [4.69, 9.17) is 4.42 Å². The van der Waals surface area contributed by atoms with E-state index in [1.165, 1.54) is 12.8 Å². The van der Waals surface area contributed by atoms with Crippen molar-refractivity contribution >= 4 is 21.8 Å². The highest BCUT2D eigenvalue weighted by Gasteiger charge is 2.28. The Morgan fingerprint density at radius 1 is 1.29 bits per heavy atom. The first-order valence-electron chi connectivity index (χ1n) is 7.26. The second-order valence-electron chi connectivity index (χ2n) is 5.42. The van der Waals surface area contributed by atoms with E-state index in [2.05, 4.69) is 10.0 Å². The van der Waals surface area contributed by atoms with Crippen LogP contribution in [0.5, 0.6) is 0 Å². The zero-order valence-corrected chi connectivity index (χ0v) is 14.5. The molecule has 0 bridgehead atoms. The summed E-state index contributed by atoms with van der Waals surface area (Å²) < 4.78 is 33.2. The molecule has 1 heterocycles. The molecular formula is C14H24N2O3S2. The van der Waals surface area contributed by atoms with Gasteiger partial charge in [-0.25, -0.2) is 13.1 Å². The van der Waals surface area contributed by atoms with E-state index in [9.17, 15) is 8.42 Å². The van der Waals surface area contributed by atoms with Crippen molar-refractivity contribution in [2.75, 3.05) is 18.6 Å². The molecule has 5 nitrogen and oxygen atoms in total. The normalized spacial score (nSPS) is 15.6. The summed E-state index contributed by atoms with van der Waals surface area (Å²) in [6.07, 6.45) is 5.18. The van der Waals surface area contributed by atoms with Crippen LogP contribution in [0.4, 0.5) is 0 Å². The van der Waals surface area contributed by atoms with Gasteiger partial charge < -0.3 is 9.73 Å². The van der Waals surface area contributed by atoms with Gasteiger partial charge in [-0.2, -0.15) is 11.8 Å². The number of hydrogen-bond acceptors (Lipinski definition) is 5. The number of furan rings is 1. The van der Waals surface area contributed by atoms with Crippen molar-refractivity contribution in [1.82, 2.24) is 10.0 Å². The molecule has 1 saturated carbocycles. The third-order valence-electron chi connectivity index (χ3n) is 3.56. The summed E-state index contributed by atoms with van der Waals surface area (Å²) in [7, 11) is -3.50. The highest BCUT2D eigenvalue weighted by atomic mass is 32.2. The van der Waals surface area contributed by atoms with Crippen LogP contribution in [0.2, 0.25) is 0 Å². The van der Waals surface area contributed by atoms with Crippen LogP contribution >= 0.6 is 11.8 Å². The highest BCUT2D eigenvalue weighted by Crippen LogP contribution is 2.28. The minimum Gasteiger partial charge on any atom is -0.465 e. The molecule has 120 valence electrons. The highest BCUT2D eigenvalue weighted by molar-refractivity contribution is 7.98. The second-order valence-corrected chi connectivity index (χ2v) is 8.11. The molecule has 1 aromatic heterocycles. The SMILES string of the molecule is CSCCCNS(=O)(=O)c1c(C)oc(C)c1CNC1CC1. The average Bonchev–Trinajstić information content (AvgIpc) is 3.18. The summed E-state index contributed by atoms with van der Waals surface area (Å²) in [5.41, 5.74) is 0.761. The molecule has 21 heavy (non-hydrogen) atoms. The lowest BCUT2D eigenvalue weighted by Gasteiger charge is -2.09. The minimum atomic E-state index is -3.50. The average molecular weight is 332 g/mol. The third-order valence-corrected chi connectivity index (χ3v) is 5.91. The number of rotatable bonds is 9. The number of sulfonamides is 1. The van der Waals surface area contributed by atoms with Gasteiger partial charge in [-0.1, -0.05) is 0 Å². The topological polar surface area (TPSA) is 71.3 Å². The van der Waals surface area contributed by atoms with E-state index in [0.29, 0.717) is 35.5 Å². The van der Waals surface area contributed by atoms with Gasteiger partial charge in [0.15, 0.2) is 0 Å². The van der Waals surface area contributed by atoms with Gasteiger partial charge in [0.25, 0.3) is 0 Å². The maximum Gasteiger partial charge on any atom is 0.244 e. The van der Waals surface area contributed by atoms with Crippen LogP contribution in [-0.2, 0) is 16.6 Å². The van der Waals surface area contributed by atoms with Crippen LogP contribution < -0.4 is 10.0 Å². The first-order valence-corrected chi connectivity index (χ1v) is 10.1. The Hall–Kier alpha value is -0.500. The fourth-order valence-electron chi connectivity index (χ4n) is 2.30. The number of hydrogen-bond donors (Lipinski definition) is 2. The lowest BCUT2D eigenvalue weighted by molar-refractivity contribution is 0.492. The molecule has 1 aliphatic rings. The zero-order chi connectivity index (χ0) is 15.5. The Bertz CT molecular complexity index is 577. The van der Waals surface area contributed by atoms with E-state index in [-0.39, 0.29) is 0 Å². The van der Waals surface area contributed by atoms with Crippen molar-refractivity contribution in [3.05, 3.63) is 17.1 Å². The molecular weight excluding hydrogens is 308 g/mol. The molecule has 2 rings (SSSR count). The van der Waals surface area contributed by atoms with Gasteiger partial charge in [-0.05, 0) is 45.1 Å². The van der Waals surface area contributed by atoms with Crippen molar-refractivity contribution in [2.24, 2.45) is 0 Å². The summed E-state index contributed by atoms with van der Waals surface area (Å²) >= 11 is 1.71. The van der Waals surface area contributed by atoms with Gasteiger partial charge in [0, 0.05) is 24.7 Å². The molecule has 0 aliphatic heterocycles. The van der Waals surface area contributed by atoms with Gasteiger partial charge in [0.1, 0.15) is 16.4 Å². The predicted octanol–water partition coefficient (Wildman–Crippen LogP) is 2.18. The first kappa shape index (κ1) is 16.9. The van der Waals surface area contributed by atoms with E-state index in [1.807, 2.05) is 13.2 Å². The van der Waals surface area contributed by atoms with E-state index >= 15 is 0 Å².